The Morgan fingerprint density at radius 1 is 0.776 bits per heavy atom. The van der Waals surface area contributed by atoms with E-state index in [1.807, 2.05) is 24.3 Å². The summed E-state index contributed by atoms with van der Waals surface area (Å²) in [4.78, 5) is 0. The first-order chi connectivity index (χ1) is 24.1. The fourth-order valence-electron chi connectivity index (χ4n) is 6.67. The van der Waals surface area contributed by atoms with Gasteiger partial charge in [0.1, 0.15) is 0 Å². The summed E-state index contributed by atoms with van der Waals surface area (Å²) in [5.41, 5.74) is 19.0. The predicted octanol–water partition coefficient (Wildman–Crippen LogP) is 11.2. The first-order valence-corrected chi connectivity index (χ1v) is 17.0. The number of rotatable bonds is 9. The van der Waals surface area contributed by atoms with Crippen molar-refractivity contribution in [1.82, 2.24) is 0 Å². The number of hydrogen-bond acceptors (Lipinski definition) is 1. The highest BCUT2D eigenvalue weighted by molar-refractivity contribution is 5.87. The van der Waals surface area contributed by atoms with Gasteiger partial charge in [-0.05, 0) is 99.4 Å². The van der Waals surface area contributed by atoms with Gasteiger partial charge in [-0.15, -0.1) is 0 Å². The van der Waals surface area contributed by atoms with Crippen molar-refractivity contribution < 1.29 is 0 Å². The van der Waals surface area contributed by atoms with Gasteiger partial charge in [0.15, 0.2) is 0 Å². The fraction of sp³-hybridized carbons (Fsp3) is 0.125. The van der Waals surface area contributed by atoms with E-state index in [9.17, 15) is 0 Å². The molecule has 0 aromatic heterocycles. The molecule has 0 saturated heterocycles. The topological polar surface area (TPSA) is 26.0 Å². The molecule has 1 unspecified atom stereocenters. The largest absolute Gasteiger partial charge is 0.402 e. The summed E-state index contributed by atoms with van der Waals surface area (Å²) in [6.07, 6.45) is 26.6. The molecular weight excluding hydrogens is 591 g/mol. The van der Waals surface area contributed by atoms with E-state index in [2.05, 4.69) is 164 Å². The second-order valence-corrected chi connectivity index (χ2v) is 12.8. The fourth-order valence-corrected chi connectivity index (χ4v) is 6.67. The molecule has 236 valence electrons. The molecule has 0 amide bonds. The van der Waals surface area contributed by atoms with Crippen molar-refractivity contribution in [3.63, 3.8) is 0 Å². The molecule has 49 heavy (non-hydrogen) atoms. The average molecular weight is 630 g/mol. The van der Waals surface area contributed by atoms with Crippen molar-refractivity contribution >= 4 is 16.7 Å². The van der Waals surface area contributed by atoms with E-state index in [0.29, 0.717) is 5.92 Å². The van der Waals surface area contributed by atoms with E-state index < -0.39 is 0 Å². The molecule has 4 aromatic carbocycles. The second-order valence-electron chi connectivity index (χ2n) is 12.8. The van der Waals surface area contributed by atoms with Crippen LogP contribution in [0.15, 0.2) is 170 Å². The minimum Gasteiger partial charge on any atom is -0.402 e. The van der Waals surface area contributed by atoms with Crippen LogP contribution in [-0.2, 0) is 0 Å². The standard InChI is InChI=1S/C48H39N/c1-35(36-14-5-2-6-15-36)30-47(34-48(49)40-18-9-4-10-19-40)46-25-13-24-45(33-46)44-23-12-22-43(32-44)42-21-11-20-41(31-42)39-28-26-38(27-29-39)37-16-7-3-8-17-37/h2,4-5,7,9-14,16,18,20-22,24-34,37,40,44H,1,17,19,23,49H2/b47-30+,48-34-/t37?,40-,44+/m0/s1. The highest BCUT2D eigenvalue weighted by Crippen LogP contribution is 2.35. The van der Waals surface area contributed by atoms with Gasteiger partial charge in [0.05, 0.1) is 0 Å². The van der Waals surface area contributed by atoms with E-state index in [0.717, 1.165) is 47.2 Å². The van der Waals surface area contributed by atoms with Gasteiger partial charge in [0.2, 0.25) is 0 Å². The lowest BCUT2D eigenvalue weighted by molar-refractivity contribution is 0.756. The molecule has 0 spiro atoms. The van der Waals surface area contributed by atoms with Gasteiger partial charge in [-0.3, -0.25) is 0 Å². The van der Waals surface area contributed by atoms with E-state index >= 15 is 0 Å². The second kappa shape index (κ2) is 14.8. The van der Waals surface area contributed by atoms with Gasteiger partial charge in [-0.2, -0.15) is 0 Å². The Bertz CT molecular complexity index is 2120. The third kappa shape index (κ3) is 7.60. The van der Waals surface area contributed by atoms with Crippen molar-refractivity contribution in [2.75, 3.05) is 0 Å². The van der Waals surface area contributed by atoms with Crippen LogP contribution in [0.3, 0.4) is 0 Å². The van der Waals surface area contributed by atoms with E-state index in [1.165, 1.54) is 33.4 Å². The van der Waals surface area contributed by atoms with Crippen LogP contribution in [0, 0.1) is 29.9 Å². The van der Waals surface area contributed by atoms with Crippen LogP contribution in [0.5, 0.6) is 0 Å². The summed E-state index contributed by atoms with van der Waals surface area (Å²) < 4.78 is 0. The van der Waals surface area contributed by atoms with Crippen LogP contribution in [0.25, 0.3) is 27.8 Å². The lowest BCUT2D eigenvalue weighted by atomic mass is 9.85. The first kappa shape index (κ1) is 31.6. The summed E-state index contributed by atoms with van der Waals surface area (Å²) in [6, 6.07) is 38.8. The van der Waals surface area contributed by atoms with Crippen molar-refractivity contribution in [3.8, 4) is 23.0 Å². The third-order valence-corrected chi connectivity index (χ3v) is 9.48. The lowest BCUT2D eigenvalue weighted by Gasteiger charge is -2.20. The Kier molecular flexibility index (Phi) is 9.55. The number of benzene rings is 3. The molecule has 3 atom stereocenters. The molecule has 0 aliphatic heterocycles. The average Bonchev–Trinajstić information content (AvgIpc) is 3.19. The maximum atomic E-state index is 6.73. The van der Waals surface area contributed by atoms with Crippen LogP contribution >= 0.6 is 0 Å². The zero-order valence-corrected chi connectivity index (χ0v) is 27.6. The lowest BCUT2D eigenvalue weighted by Crippen LogP contribution is -2.10. The molecule has 0 bridgehead atoms. The third-order valence-electron chi connectivity index (χ3n) is 9.48. The SMILES string of the molecule is C=C(/C=C(\C=C(/N)[C@H]1C=CC=CC1)c1cccc([C@H]2C=C(c3cccc(-c4ccc(C5C=CC#CC5)cc4)c3)C=CC2)c1)c1c#cccc1. The molecule has 2 N–H and O–H groups in total. The van der Waals surface area contributed by atoms with Crippen LogP contribution in [0.2, 0.25) is 0 Å². The maximum absolute atomic E-state index is 6.73. The highest BCUT2D eigenvalue weighted by atomic mass is 14.6. The zero-order valence-electron chi connectivity index (χ0n) is 27.6. The smallest absolute Gasteiger partial charge is 0.0315 e. The normalized spacial score (nSPS) is 19.8. The van der Waals surface area contributed by atoms with Gasteiger partial charge < -0.3 is 5.73 Å². The molecule has 1 nitrogen and oxygen atoms in total. The minimum absolute atomic E-state index is 0.174. The van der Waals surface area contributed by atoms with E-state index in [-0.39, 0.29) is 11.8 Å². The molecule has 0 radical (unpaired) electrons. The maximum Gasteiger partial charge on any atom is 0.0315 e. The zero-order chi connectivity index (χ0) is 33.4. The molecule has 0 saturated carbocycles. The molecule has 0 fully saturated rings. The minimum atomic E-state index is 0.174. The summed E-state index contributed by atoms with van der Waals surface area (Å²) in [5.74, 6) is 7.06. The van der Waals surface area contributed by atoms with Crippen LogP contribution < -0.4 is 5.73 Å². The van der Waals surface area contributed by atoms with Crippen molar-refractivity contribution in [1.29, 1.82) is 0 Å². The Balaban J connectivity index is 1.16. The Hall–Kier alpha value is -6.02. The van der Waals surface area contributed by atoms with Gasteiger partial charge in [-0.25, -0.2) is 0 Å². The monoisotopic (exact) mass is 629 g/mol. The van der Waals surface area contributed by atoms with Crippen molar-refractivity contribution in [2.45, 2.75) is 31.1 Å². The van der Waals surface area contributed by atoms with E-state index in [1.54, 1.807) is 0 Å². The van der Waals surface area contributed by atoms with Crippen molar-refractivity contribution in [3.05, 3.63) is 210 Å². The van der Waals surface area contributed by atoms with Crippen LogP contribution in [0.4, 0.5) is 0 Å². The Labute approximate surface area is 291 Å². The summed E-state index contributed by atoms with van der Waals surface area (Å²) >= 11 is 0. The molecular formula is C48H39N. The molecule has 4 aromatic rings. The first-order valence-electron chi connectivity index (χ1n) is 17.0. The number of nitrogens with two attached hydrogens (primary N) is 1. The van der Waals surface area contributed by atoms with Gasteiger partial charge in [0, 0.05) is 35.4 Å². The highest BCUT2D eigenvalue weighted by Gasteiger charge is 2.16. The summed E-state index contributed by atoms with van der Waals surface area (Å²) in [5, 5.41) is 0. The quantitative estimate of drug-likeness (QED) is 0.145. The molecule has 1 heteroatoms. The Morgan fingerprint density at radius 2 is 1.65 bits per heavy atom. The van der Waals surface area contributed by atoms with Crippen LogP contribution in [-0.4, -0.2) is 0 Å². The van der Waals surface area contributed by atoms with Gasteiger partial charge in [-0.1, -0.05) is 152 Å². The predicted molar refractivity (Wildman–Crippen MR) is 207 cm³/mol. The number of hydrogen-bond donors (Lipinski definition) is 1. The van der Waals surface area contributed by atoms with Gasteiger partial charge in [0.25, 0.3) is 0 Å². The molecule has 3 aliphatic rings. The van der Waals surface area contributed by atoms with Crippen LogP contribution in [0.1, 0.15) is 58.9 Å². The molecule has 3 aliphatic carbocycles. The molecule has 0 heterocycles. The van der Waals surface area contributed by atoms with Crippen molar-refractivity contribution in [2.24, 2.45) is 11.7 Å². The molecule has 7 rings (SSSR count). The number of allylic oxidation sites excluding steroid dienone is 14. The summed E-state index contributed by atoms with van der Waals surface area (Å²) in [7, 11) is 0. The Morgan fingerprint density at radius 3 is 2.45 bits per heavy atom. The summed E-state index contributed by atoms with van der Waals surface area (Å²) in [6.45, 7) is 4.37. The van der Waals surface area contributed by atoms with E-state index in [4.69, 9.17) is 5.73 Å². The van der Waals surface area contributed by atoms with Gasteiger partial charge >= 0.3 is 0 Å².